The number of nitrogens with two attached hydrogens (primary N) is 1. The van der Waals surface area contributed by atoms with Gasteiger partial charge in [0.05, 0.1) is 13.6 Å². The average Bonchev–Trinajstić information content (AvgIpc) is 2.58. The van der Waals surface area contributed by atoms with Gasteiger partial charge < -0.3 is 5.73 Å². The van der Waals surface area contributed by atoms with Gasteiger partial charge in [-0.05, 0) is 62.0 Å². The zero-order valence-corrected chi connectivity index (χ0v) is 12.6. The van der Waals surface area contributed by atoms with Crippen molar-refractivity contribution in [1.82, 2.24) is 4.98 Å². The zero-order valence-electron chi connectivity index (χ0n) is 8.58. The fourth-order valence-electron chi connectivity index (χ4n) is 1.41. The average molecular weight is 362 g/mol. The third-order valence-electron chi connectivity index (χ3n) is 2.31. The Morgan fingerprint density at radius 1 is 1.38 bits per heavy atom. The van der Waals surface area contributed by atoms with Crippen LogP contribution in [0.2, 0.25) is 0 Å². The molecule has 16 heavy (non-hydrogen) atoms. The number of hydrogen-bond acceptors (Lipinski definition) is 3. The second-order valence-electron chi connectivity index (χ2n) is 3.49. The molecule has 2 aromatic rings. The van der Waals surface area contributed by atoms with Crippen LogP contribution in [-0.2, 0) is 0 Å². The minimum absolute atomic E-state index is 0.134. The van der Waals surface area contributed by atoms with Gasteiger partial charge in [-0.25, -0.2) is 0 Å². The number of halogens is 2. The monoisotopic (exact) mass is 360 g/mol. The first-order chi connectivity index (χ1) is 7.58. The largest absolute Gasteiger partial charge is 0.320 e. The van der Waals surface area contributed by atoms with Crippen LogP contribution >= 0.6 is 43.2 Å². The molecule has 5 heteroatoms. The quantitative estimate of drug-likeness (QED) is 0.877. The maximum atomic E-state index is 6.20. The fourth-order valence-corrected chi connectivity index (χ4v) is 4.34. The molecule has 0 spiro atoms. The van der Waals surface area contributed by atoms with Gasteiger partial charge in [0.1, 0.15) is 0 Å². The summed E-state index contributed by atoms with van der Waals surface area (Å²) in [5.74, 6) is 0. The minimum atomic E-state index is -0.134. The van der Waals surface area contributed by atoms with Crippen LogP contribution in [0.3, 0.4) is 0 Å². The van der Waals surface area contributed by atoms with Gasteiger partial charge in [0.15, 0.2) is 0 Å². The molecule has 0 aromatic carbocycles. The highest BCUT2D eigenvalue weighted by Crippen LogP contribution is 2.36. The van der Waals surface area contributed by atoms with E-state index in [1.165, 1.54) is 0 Å². The highest BCUT2D eigenvalue weighted by Gasteiger charge is 2.15. The summed E-state index contributed by atoms with van der Waals surface area (Å²) in [5.41, 5.74) is 9.31. The summed E-state index contributed by atoms with van der Waals surface area (Å²) in [6.45, 7) is 1.96. The van der Waals surface area contributed by atoms with E-state index in [0.29, 0.717) is 0 Å². The normalized spacial score (nSPS) is 12.8. The first kappa shape index (κ1) is 12.2. The Labute approximate surface area is 115 Å². The minimum Gasteiger partial charge on any atom is -0.320 e. The van der Waals surface area contributed by atoms with E-state index in [4.69, 9.17) is 5.73 Å². The molecular formula is C11H10Br2N2S. The second kappa shape index (κ2) is 4.96. The van der Waals surface area contributed by atoms with Gasteiger partial charge in [-0.3, -0.25) is 4.98 Å². The summed E-state index contributed by atoms with van der Waals surface area (Å²) >= 11 is 8.60. The molecular weight excluding hydrogens is 352 g/mol. The second-order valence-corrected chi connectivity index (χ2v) is 7.24. The molecule has 2 rings (SSSR count). The van der Waals surface area contributed by atoms with Crippen LogP contribution in [0.15, 0.2) is 32.0 Å². The van der Waals surface area contributed by atoms with Crippen molar-refractivity contribution in [2.24, 2.45) is 5.73 Å². The summed E-state index contributed by atoms with van der Waals surface area (Å²) in [5, 5.41) is 0. The van der Waals surface area contributed by atoms with E-state index in [9.17, 15) is 0 Å². The van der Waals surface area contributed by atoms with Crippen molar-refractivity contribution in [3.8, 4) is 0 Å². The van der Waals surface area contributed by atoms with E-state index in [1.807, 2.05) is 31.3 Å². The van der Waals surface area contributed by atoms with Gasteiger partial charge in [-0.2, -0.15) is 0 Å². The Morgan fingerprint density at radius 2 is 2.12 bits per heavy atom. The number of rotatable bonds is 2. The maximum Gasteiger partial charge on any atom is 0.0761 e. The van der Waals surface area contributed by atoms with Crippen molar-refractivity contribution in [2.75, 3.05) is 0 Å². The lowest BCUT2D eigenvalue weighted by atomic mass is 10.0. The maximum absolute atomic E-state index is 6.20. The molecule has 0 aliphatic rings. The molecule has 0 bridgehead atoms. The molecule has 0 amide bonds. The lowest BCUT2D eigenvalue weighted by Gasteiger charge is -2.10. The zero-order chi connectivity index (χ0) is 11.7. The molecule has 1 atom stereocenters. The fraction of sp³-hybridized carbons (Fsp3) is 0.182. The Kier molecular flexibility index (Phi) is 3.79. The first-order valence-electron chi connectivity index (χ1n) is 4.71. The number of aromatic nitrogens is 1. The molecule has 2 aromatic heterocycles. The van der Waals surface area contributed by atoms with Gasteiger partial charge in [0.25, 0.3) is 0 Å². The number of thiophene rings is 1. The summed E-state index contributed by atoms with van der Waals surface area (Å²) in [6, 6.07) is 5.90. The van der Waals surface area contributed by atoms with Crippen molar-refractivity contribution in [3.05, 3.63) is 48.8 Å². The lowest BCUT2D eigenvalue weighted by molar-refractivity contribution is 0.861. The Hall–Kier alpha value is -0.230. The molecule has 0 saturated carbocycles. The molecule has 2 nitrogen and oxygen atoms in total. The van der Waals surface area contributed by atoms with Crippen molar-refractivity contribution >= 4 is 43.2 Å². The van der Waals surface area contributed by atoms with Crippen molar-refractivity contribution < 1.29 is 0 Å². The number of hydrogen-bond donors (Lipinski definition) is 1. The van der Waals surface area contributed by atoms with Crippen molar-refractivity contribution in [1.29, 1.82) is 0 Å². The lowest BCUT2D eigenvalue weighted by Crippen LogP contribution is -2.11. The van der Waals surface area contributed by atoms with Crippen LogP contribution in [0.4, 0.5) is 0 Å². The molecule has 84 valence electrons. The number of aryl methyl sites for hydroxylation is 1. The Balaban J connectivity index is 2.35. The molecule has 0 radical (unpaired) electrons. The molecule has 0 aliphatic carbocycles. The highest BCUT2D eigenvalue weighted by molar-refractivity contribution is 9.12. The van der Waals surface area contributed by atoms with Gasteiger partial charge in [-0.1, -0.05) is 6.07 Å². The van der Waals surface area contributed by atoms with E-state index in [1.54, 1.807) is 11.3 Å². The molecule has 2 N–H and O–H groups in total. The van der Waals surface area contributed by atoms with Crippen LogP contribution in [0.5, 0.6) is 0 Å². The third-order valence-corrected chi connectivity index (χ3v) is 4.70. The van der Waals surface area contributed by atoms with Gasteiger partial charge >= 0.3 is 0 Å². The predicted octanol–water partition coefficient (Wildman–Crippen LogP) is 4.02. The van der Waals surface area contributed by atoms with Crippen LogP contribution in [0.1, 0.15) is 22.9 Å². The van der Waals surface area contributed by atoms with E-state index in [2.05, 4.69) is 36.8 Å². The Morgan fingerprint density at radius 3 is 2.62 bits per heavy atom. The van der Waals surface area contributed by atoms with Gasteiger partial charge in [0, 0.05) is 11.9 Å². The molecule has 0 fully saturated rings. The molecule has 0 aliphatic heterocycles. The van der Waals surface area contributed by atoms with Crippen molar-refractivity contribution in [2.45, 2.75) is 13.0 Å². The number of nitrogens with zero attached hydrogens (tertiary/aromatic N) is 1. The molecule has 0 saturated heterocycles. The van der Waals surface area contributed by atoms with Crippen LogP contribution in [0, 0.1) is 6.92 Å². The van der Waals surface area contributed by atoms with Gasteiger partial charge in [0.2, 0.25) is 0 Å². The van der Waals surface area contributed by atoms with E-state index >= 15 is 0 Å². The number of pyridine rings is 1. The smallest absolute Gasteiger partial charge is 0.0761 e. The Bertz CT molecular complexity index is 493. The topological polar surface area (TPSA) is 38.9 Å². The van der Waals surface area contributed by atoms with E-state index < -0.39 is 0 Å². The van der Waals surface area contributed by atoms with E-state index in [0.717, 1.165) is 24.4 Å². The standard InChI is InChI=1S/C11H10Br2N2S/c1-6-2-3-7(5-15-6)10(14)8-4-9(12)16-11(8)13/h2-5,10H,14H2,1H3. The summed E-state index contributed by atoms with van der Waals surface area (Å²) in [4.78, 5) is 4.26. The molecule has 2 heterocycles. The SMILES string of the molecule is Cc1ccc(C(N)c2cc(Br)sc2Br)cn1. The third kappa shape index (κ3) is 2.53. The molecule has 1 unspecified atom stereocenters. The van der Waals surface area contributed by atoms with Crippen molar-refractivity contribution in [3.63, 3.8) is 0 Å². The predicted molar refractivity (Wildman–Crippen MR) is 74.7 cm³/mol. The summed E-state index contributed by atoms with van der Waals surface area (Å²) in [7, 11) is 0. The van der Waals surface area contributed by atoms with Crippen LogP contribution in [-0.4, -0.2) is 4.98 Å². The van der Waals surface area contributed by atoms with Crippen LogP contribution in [0.25, 0.3) is 0 Å². The summed E-state index contributed by atoms with van der Waals surface area (Å²) in [6.07, 6.45) is 1.83. The van der Waals surface area contributed by atoms with Gasteiger partial charge in [-0.15, -0.1) is 11.3 Å². The van der Waals surface area contributed by atoms with E-state index in [-0.39, 0.29) is 6.04 Å². The first-order valence-corrected chi connectivity index (χ1v) is 7.11. The summed E-state index contributed by atoms with van der Waals surface area (Å²) < 4.78 is 2.14. The highest BCUT2D eigenvalue weighted by atomic mass is 79.9. The van der Waals surface area contributed by atoms with Crippen LogP contribution < -0.4 is 5.73 Å².